The van der Waals surface area contributed by atoms with Crippen LogP contribution < -0.4 is 0 Å². The minimum Gasteiger partial charge on any atom is -0.411 e. The molecule has 1 N–H and O–H groups in total. The third-order valence-corrected chi connectivity index (χ3v) is 3.78. The average molecular weight is 269 g/mol. The summed E-state index contributed by atoms with van der Waals surface area (Å²) in [4.78, 5) is 0. The molecule has 2 heteroatoms. The van der Waals surface area contributed by atoms with Crippen LogP contribution in [0.3, 0.4) is 0 Å². The second kappa shape index (κ2) is 15.5. The molecule has 0 aliphatic carbocycles. The fourth-order valence-corrected chi connectivity index (χ4v) is 2.44. The zero-order valence-electron chi connectivity index (χ0n) is 13.3. The maximum absolute atomic E-state index is 9.00. The lowest BCUT2D eigenvalue weighted by Crippen LogP contribution is -1.99. The first-order valence-corrected chi connectivity index (χ1v) is 8.54. The van der Waals surface area contributed by atoms with E-state index >= 15 is 0 Å². The topological polar surface area (TPSA) is 32.6 Å². The van der Waals surface area contributed by atoms with Crippen molar-refractivity contribution in [2.24, 2.45) is 5.16 Å². The van der Waals surface area contributed by atoms with E-state index in [1.54, 1.807) is 0 Å². The molecule has 0 aromatic heterocycles. The van der Waals surface area contributed by atoms with E-state index in [4.69, 9.17) is 5.21 Å². The molecule has 0 fully saturated rings. The van der Waals surface area contributed by atoms with Crippen molar-refractivity contribution in [1.29, 1.82) is 0 Å². The Morgan fingerprint density at radius 2 is 1.00 bits per heavy atom. The summed E-state index contributed by atoms with van der Waals surface area (Å²) < 4.78 is 0. The van der Waals surface area contributed by atoms with Crippen LogP contribution in [0.1, 0.15) is 104 Å². The van der Waals surface area contributed by atoms with Crippen LogP contribution in [0.5, 0.6) is 0 Å². The Labute approximate surface area is 120 Å². The number of hydrogen-bond acceptors (Lipinski definition) is 2. The highest BCUT2D eigenvalue weighted by Gasteiger charge is 2.01. The highest BCUT2D eigenvalue weighted by atomic mass is 16.4. The highest BCUT2D eigenvalue weighted by Crippen LogP contribution is 2.12. The number of rotatable bonds is 14. The van der Waals surface area contributed by atoms with Gasteiger partial charge in [0.1, 0.15) is 0 Å². The molecule has 0 radical (unpaired) electrons. The molecule has 0 spiro atoms. The summed E-state index contributed by atoms with van der Waals surface area (Å²) in [6.07, 6.45) is 17.7. The van der Waals surface area contributed by atoms with Gasteiger partial charge < -0.3 is 5.21 Å². The first kappa shape index (κ1) is 18.5. The second-order valence-corrected chi connectivity index (χ2v) is 5.70. The van der Waals surface area contributed by atoms with Crippen LogP contribution in [0.2, 0.25) is 0 Å². The zero-order chi connectivity index (χ0) is 14.2. The van der Waals surface area contributed by atoms with Crippen LogP contribution in [0.15, 0.2) is 5.16 Å². The van der Waals surface area contributed by atoms with Crippen LogP contribution in [0.4, 0.5) is 0 Å². The summed E-state index contributed by atoms with van der Waals surface area (Å²) >= 11 is 0. The standard InChI is InChI=1S/C17H35NO/c1-3-5-7-9-11-13-15-17(18-19)16-14-12-10-8-6-4-2/h19H,3-16H2,1-2H3. The maximum atomic E-state index is 9.00. The highest BCUT2D eigenvalue weighted by molar-refractivity contribution is 5.83. The van der Waals surface area contributed by atoms with Crippen molar-refractivity contribution in [2.75, 3.05) is 0 Å². The van der Waals surface area contributed by atoms with Crippen LogP contribution in [0.25, 0.3) is 0 Å². The molecule has 19 heavy (non-hydrogen) atoms. The number of hydrogen-bond donors (Lipinski definition) is 1. The van der Waals surface area contributed by atoms with Crippen molar-refractivity contribution < 1.29 is 5.21 Å². The molecular weight excluding hydrogens is 234 g/mol. The van der Waals surface area contributed by atoms with Crippen LogP contribution in [-0.2, 0) is 0 Å². The third kappa shape index (κ3) is 13.7. The van der Waals surface area contributed by atoms with Gasteiger partial charge in [0.25, 0.3) is 0 Å². The monoisotopic (exact) mass is 269 g/mol. The first-order valence-electron chi connectivity index (χ1n) is 8.54. The molecule has 0 amide bonds. The molecule has 0 aromatic rings. The summed E-state index contributed by atoms with van der Waals surface area (Å²) in [7, 11) is 0. The molecule has 2 nitrogen and oxygen atoms in total. The van der Waals surface area contributed by atoms with E-state index in [2.05, 4.69) is 19.0 Å². The summed E-state index contributed by atoms with van der Waals surface area (Å²) in [5.41, 5.74) is 1.02. The lowest BCUT2D eigenvalue weighted by Gasteiger charge is -2.05. The van der Waals surface area contributed by atoms with Crippen molar-refractivity contribution in [2.45, 2.75) is 104 Å². The molecule has 0 atom stereocenters. The van der Waals surface area contributed by atoms with E-state index in [9.17, 15) is 0 Å². The molecule has 0 unspecified atom stereocenters. The van der Waals surface area contributed by atoms with E-state index in [-0.39, 0.29) is 0 Å². The van der Waals surface area contributed by atoms with E-state index < -0.39 is 0 Å². The Balaban J connectivity index is 3.36. The molecule has 114 valence electrons. The van der Waals surface area contributed by atoms with Crippen LogP contribution in [-0.4, -0.2) is 10.9 Å². The molecule has 0 bridgehead atoms. The molecule has 0 aliphatic heterocycles. The van der Waals surface area contributed by atoms with Gasteiger partial charge in [-0.3, -0.25) is 0 Å². The Morgan fingerprint density at radius 1 is 0.632 bits per heavy atom. The lowest BCUT2D eigenvalue weighted by atomic mass is 10.0. The summed E-state index contributed by atoms with van der Waals surface area (Å²) in [5, 5.41) is 12.5. The van der Waals surface area contributed by atoms with Gasteiger partial charge in [-0.15, -0.1) is 0 Å². The number of nitrogens with zero attached hydrogens (tertiary/aromatic N) is 1. The van der Waals surface area contributed by atoms with Gasteiger partial charge in [0.2, 0.25) is 0 Å². The van der Waals surface area contributed by atoms with Gasteiger partial charge in [-0.1, -0.05) is 83.2 Å². The number of unbranched alkanes of at least 4 members (excludes halogenated alkanes) is 10. The van der Waals surface area contributed by atoms with Crippen molar-refractivity contribution in [3.8, 4) is 0 Å². The Kier molecular flexibility index (Phi) is 15.1. The van der Waals surface area contributed by atoms with Gasteiger partial charge in [0.05, 0.1) is 5.71 Å². The largest absolute Gasteiger partial charge is 0.411 e. The first-order chi connectivity index (χ1) is 9.35. The average Bonchev–Trinajstić information content (AvgIpc) is 2.44. The van der Waals surface area contributed by atoms with Crippen molar-refractivity contribution in [3.63, 3.8) is 0 Å². The lowest BCUT2D eigenvalue weighted by molar-refractivity contribution is 0.315. The Morgan fingerprint density at radius 3 is 1.37 bits per heavy atom. The van der Waals surface area contributed by atoms with Gasteiger partial charge in [-0.25, -0.2) is 0 Å². The molecule has 0 aliphatic rings. The molecular formula is C17H35NO. The van der Waals surface area contributed by atoms with Crippen molar-refractivity contribution in [3.05, 3.63) is 0 Å². The van der Waals surface area contributed by atoms with Gasteiger partial charge in [0, 0.05) is 0 Å². The molecule has 0 heterocycles. The smallest absolute Gasteiger partial charge is 0.0570 e. The summed E-state index contributed by atoms with van der Waals surface area (Å²) in [6, 6.07) is 0. The van der Waals surface area contributed by atoms with E-state index in [1.165, 1.54) is 77.0 Å². The quantitative estimate of drug-likeness (QED) is 0.170. The predicted molar refractivity (Wildman–Crippen MR) is 85.2 cm³/mol. The predicted octanol–water partition coefficient (Wildman–Crippen LogP) is 6.32. The van der Waals surface area contributed by atoms with E-state index in [1.807, 2.05) is 0 Å². The molecule has 0 saturated heterocycles. The molecule has 0 rings (SSSR count). The van der Waals surface area contributed by atoms with Gasteiger partial charge in [-0.05, 0) is 25.7 Å². The minimum absolute atomic E-state index is 0.998. The van der Waals surface area contributed by atoms with Crippen molar-refractivity contribution in [1.82, 2.24) is 0 Å². The molecule has 0 aromatic carbocycles. The fourth-order valence-electron chi connectivity index (χ4n) is 2.44. The van der Waals surface area contributed by atoms with Gasteiger partial charge in [0.15, 0.2) is 0 Å². The zero-order valence-corrected chi connectivity index (χ0v) is 13.3. The van der Waals surface area contributed by atoms with Crippen molar-refractivity contribution >= 4 is 5.71 Å². The normalized spacial score (nSPS) is 10.6. The second-order valence-electron chi connectivity index (χ2n) is 5.70. The Hall–Kier alpha value is -0.530. The van der Waals surface area contributed by atoms with Gasteiger partial charge in [-0.2, -0.15) is 0 Å². The SMILES string of the molecule is CCCCCCCCC(CCCCCCCC)=NO. The fraction of sp³-hybridized carbons (Fsp3) is 0.941. The minimum atomic E-state index is 0.998. The van der Waals surface area contributed by atoms with Gasteiger partial charge >= 0.3 is 0 Å². The third-order valence-electron chi connectivity index (χ3n) is 3.78. The molecule has 0 saturated carbocycles. The Bertz CT molecular complexity index is 183. The maximum Gasteiger partial charge on any atom is 0.0570 e. The van der Waals surface area contributed by atoms with E-state index in [0.717, 1.165) is 18.6 Å². The van der Waals surface area contributed by atoms with E-state index in [0.29, 0.717) is 0 Å². The van der Waals surface area contributed by atoms with Crippen LogP contribution in [0, 0.1) is 0 Å². The number of oxime groups is 1. The summed E-state index contributed by atoms with van der Waals surface area (Å²) in [6.45, 7) is 4.49. The summed E-state index contributed by atoms with van der Waals surface area (Å²) in [5.74, 6) is 0. The van der Waals surface area contributed by atoms with Crippen LogP contribution >= 0.6 is 0 Å².